The van der Waals surface area contributed by atoms with Crippen molar-refractivity contribution in [3.8, 4) is 0 Å². The monoisotopic (exact) mass is 350 g/mol. The highest BCUT2D eigenvalue weighted by Crippen LogP contribution is 2.61. The third-order valence-electron chi connectivity index (χ3n) is 5.94. The minimum absolute atomic E-state index is 0.00448. The van der Waals surface area contributed by atoms with Gasteiger partial charge in [-0.2, -0.15) is 0 Å². The van der Waals surface area contributed by atoms with Crippen LogP contribution in [0.15, 0.2) is 66.4 Å². The number of hydrogen-bond acceptors (Lipinski definition) is 3. The molecule has 2 aliphatic carbocycles. The van der Waals surface area contributed by atoms with Gasteiger partial charge in [0.25, 0.3) is 0 Å². The van der Waals surface area contributed by atoms with Gasteiger partial charge in [-0.25, -0.2) is 0 Å². The van der Waals surface area contributed by atoms with E-state index in [2.05, 4.69) is 48.5 Å². The van der Waals surface area contributed by atoms with Crippen LogP contribution in [0.1, 0.15) is 30.4 Å². The molecule has 2 aromatic rings. The zero-order valence-corrected chi connectivity index (χ0v) is 15.2. The maximum atomic E-state index is 9.41. The fraction of sp³-hybridized carbons (Fsp3) is 0.391. The second-order valence-electron chi connectivity index (χ2n) is 7.13. The molecule has 0 saturated heterocycles. The molecular formula is C23H26O3. The molecule has 2 aliphatic rings. The van der Waals surface area contributed by atoms with Crippen molar-refractivity contribution in [3.05, 3.63) is 77.5 Å². The van der Waals surface area contributed by atoms with Crippen molar-refractivity contribution in [1.82, 2.24) is 0 Å². The van der Waals surface area contributed by atoms with Crippen molar-refractivity contribution in [1.29, 1.82) is 0 Å². The molecule has 2 aromatic carbocycles. The van der Waals surface area contributed by atoms with Crippen molar-refractivity contribution < 1.29 is 14.6 Å². The van der Waals surface area contributed by atoms with Gasteiger partial charge in [0.05, 0.1) is 6.61 Å². The summed E-state index contributed by atoms with van der Waals surface area (Å²) in [4.78, 5) is 0. The number of aliphatic hydroxyl groups excluding tert-OH is 1. The Labute approximate surface area is 155 Å². The number of hydrogen-bond donors (Lipinski definition) is 1. The number of rotatable bonds is 6. The Hall–Kier alpha value is -2.10. The van der Waals surface area contributed by atoms with Gasteiger partial charge in [-0.05, 0) is 29.9 Å². The molecule has 1 fully saturated rings. The van der Waals surface area contributed by atoms with E-state index in [1.54, 1.807) is 7.11 Å². The zero-order valence-electron chi connectivity index (χ0n) is 15.2. The summed E-state index contributed by atoms with van der Waals surface area (Å²) in [6, 6.07) is 20.9. The molecular weight excluding hydrogens is 324 g/mol. The molecule has 0 radical (unpaired) electrons. The highest BCUT2D eigenvalue weighted by molar-refractivity contribution is 5.75. The van der Waals surface area contributed by atoms with Crippen molar-refractivity contribution in [2.75, 3.05) is 20.3 Å². The van der Waals surface area contributed by atoms with Gasteiger partial charge in [0.1, 0.15) is 12.4 Å². The van der Waals surface area contributed by atoms with E-state index in [-0.39, 0.29) is 13.2 Å². The molecule has 136 valence electrons. The number of ether oxygens (including phenoxy) is 2. The van der Waals surface area contributed by atoms with Crippen LogP contribution in [0, 0.1) is 11.8 Å². The molecule has 0 heterocycles. The third kappa shape index (κ3) is 2.58. The molecule has 0 aliphatic heterocycles. The van der Waals surface area contributed by atoms with E-state index in [4.69, 9.17) is 9.47 Å². The van der Waals surface area contributed by atoms with E-state index in [0.717, 1.165) is 24.2 Å². The first-order valence-corrected chi connectivity index (χ1v) is 9.47. The molecule has 0 bridgehead atoms. The van der Waals surface area contributed by atoms with Crippen LogP contribution < -0.4 is 0 Å². The predicted molar refractivity (Wildman–Crippen MR) is 102 cm³/mol. The maximum Gasteiger partial charge on any atom is 0.153 e. The van der Waals surface area contributed by atoms with E-state index < -0.39 is 5.60 Å². The van der Waals surface area contributed by atoms with Gasteiger partial charge in [-0.15, -0.1) is 0 Å². The highest BCUT2D eigenvalue weighted by Gasteiger charge is 2.58. The minimum Gasteiger partial charge on any atom is -0.492 e. The SMILES string of the molecule is CO[C@@]1(c2ccccc2)C(OCCO)=C(c2ccccc2)[C@H]2CCC[C@H]21. The van der Waals surface area contributed by atoms with Crippen molar-refractivity contribution in [3.63, 3.8) is 0 Å². The van der Waals surface area contributed by atoms with Crippen LogP contribution in [0.4, 0.5) is 0 Å². The summed E-state index contributed by atoms with van der Waals surface area (Å²) in [5, 5.41) is 9.41. The second kappa shape index (κ2) is 7.26. The zero-order chi connectivity index (χ0) is 18.0. The standard InChI is InChI=1S/C23H26O3/c1-25-23(18-11-6-3-7-12-18)20-14-8-13-19(20)21(22(23)26-16-15-24)17-9-4-2-5-10-17/h2-7,9-12,19-20,24H,8,13-16H2,1H3/t19-,20+,23+/m0/s1. The molecule has 1 N–H and O–H groups in total. The van der Waals surface area contributed by atoms with E-state index >= 15 is 0 Å². The summed E-state index contributed by atoms with van der Waals surface area (Å²) in [7, 11) is 1.79. The Morgan fingerprint density at radius 1 is 1.00 bits per heavy atom. The lowest BCUT2D eigenvalue weighted by molar-refractivity contribution is -0.0687. The summed E-state index contributed by atoms with van der Waals surface area (Å²) in [5.41, 5.74) is 3.01. The maximum absolute atomic E-state index is 9.41. The summed E-state index contributed by atoms with van der Waals surface area (Å²) in [5.74, 6) is 1.67. The normalized spacial score (nSPS) is 27.6. The van der Waals surface area contributed by atoms with Gasteiger partial charge in [-0.3, -0.25) is 0 Å². The largest absolute Gasteiger partial charge is 0.492 e. The summed E-state index contributed by atoms with van der Waals surface area (Å²) in [6.07, 6.45) is 3.48. The van der Waals surface area contributed by atoms with Gasteiger partial charge in [-0.1, -0.05) is 67.1 Å². The molecule has 0 spiro atoms. The first-order valence-electron chi connectivity index (χ1n) is 9.47. The quantitative estimate of drug-likeness (QED) is 0.840. The molecule has 26 heavy (non-hydrogen) atoms. The lowest BCUT2D eigenvalue weighted by atomic mass is 9.79. The predicted octanol–water partition coefficient (Wildman–Crippen LogP) is 4.38. The Kier molecular flexibility index (Phi) is 4.84. The molecule has 4 rings (SSSR count). The number of aliphatic hydroxyl groups is 1. The highest BCUT2D eigenvalue weighted by atomic mass is 16.5. The van der Waals surface area contributed by atoms with Crippen molar-refractivity contribution in [2.45, 2.75) is 24.9 Å². The lowest BCUT2D eigenvalue weighted by Crippen LogP contribution is -2.37. The van der Waals surface area contributed by atoms with Crippen LogP contribution in [0.25, 0.3) is 5.57 Å². The summed E-state index contributed by atoms with van der Waals surface area (Å²) >= 11 is 0. The average molecular weight is 350 g/mol. The van der Waals surface area contributed by atoms with E-state index in [0.29, 0.717) is 11.8 Å². The topological polar surface area (TPSA) is 38.7 Å². The van der Waals surface area contributed by atoms with Crippen LogP contribution >= 0.6 is 0 Å². The molecule has 3 heteroatoms. The minimum atomic E-state index is -0.581. The van der Waals surface area contributed by atoms with Crippen molar-refractivity contribution in [2.24, 2.45) is 11.8 Å². The van der Waals surface area contributed by atoms with Gasteiger partial charge in [0.15, 0.2) is 5.60 Å². The van der Waals surface area contributed by atoms with E-state index in [9.17, 15) is 5.11 Å². The fourth-order valence-corrected chi connectivity index (χ4v) is 5.02. The molecule has 3 atom stereocenters. The van der Waals surface area contributed by atoms with Crippen LogP contribution in [0.2, 0.25) is 0 Å². The van der Waals surface area contributed by atoms with E-state index in [1.165, 1.54) is 17.6 Å². The molecule has 1 saturated carbocycles. The average Bonchev–Trinajstić information content (AvgIpc) is 3.27. The fourth-order valence-electron chi connectivity index (χ4n) is 5.02. The molecule has 0 amide bonds. The number of benzene rings is 2. The van der Waals surface area contributed by atoms with Crippen LogP contribution in [0.5, 0.6) is 0 Å². The third-order valence-corrected chi connectivity index (χ3v) is 5.94. The smallest absolute Gasteiger partial charge is 0.153 e. The lowest BCUT2D eigenvalue weighted by Gasteiger charge is -2.36. The first-order chi connectivity index (χ1) is 12.8. The first kappa shape index (κ1) is 17.3. The Morgan fingerprint density at radius 2 is 1.69 bits per heavy atom. The van der Waals surface area contributed by atoms with Gasteiger partial charge in [0.2, 0.25) is 0 Å². The Morgan fingerprint density at radius 3 is 2.35 bits per heavy atom. The Balaban J connectivity index is 1.95. The van der Waals surface area contributed by atoms with Gasteiger partial charge >= 0.3 is 0 Å². The van der Waals surface area contributed by atoms with Crippen LogP contribution in [-0.4, -0.2) is 25.4 Å². The molecule has 0 unspecified atom stereocenters. The van der Waals surface area contributed by atoms with E-state index in [1.807, 2.05) is 12.1 Å². The molecule has 3 nitrogen and oxygen atoms in total. The van der Waals surface area contributed by atoms with Crippen LogP contribution in [0.3, 0.4) is 0 Å². The summed E-state index contributed by atoms with van der Waals surface area (Å²) < 4.78 is 12.5. The van der Waals surface area contributed by atoms with Crippen LogP contribution in [-0.2, 0) is 15.1 Å². The summed E-state index contributed by atoms with van der Waals surface area (Å²) in [6.45, 7) is 0.276. The van der Waals surface area contributed by atoms with Crippen molar-refractivity contribution >= 4 is 5.57 Å². The second-order valence-corrected chi connectivity index (χ2v) is 7.13. The number of fused-ring (bicyclic) bond motifs is 1. The molecule has 0 aromatic heterocycles. The Bertz CT molecular complexity index is 769. The number of allylic oxidation sites excluding steroid dienone is 1. The number of methoxy groups -OCH3 is 1. The van der Waals surface area contributed by atoms with Gasteiger partial charge < -0.3 is 14.6 Å². The van der Waals surface area contributed by atoms with Gasteiger partial charge in [0, 0.05) is 18.6 Å².